The van der Waals surface area contributed by atoms with Crippen LogP contribution in [0.15, 0.2) is 42.5 Å². The standard InChI is InChI=1S/C17H18BrClO/c1-17(2,3)13-7-5-8-14(10-13)20-16-12(11-18)6-4-9-15(16)19/h4-10H,11H2,1-3H3. The van der Waals surface area contributed by atoms with Crippen molar-refractivity contribution in [2.75, 3.05) is 0 Å². The molecule has 0 unspecified atom stereocenters. The highest BCUT2D eigenvalue weighted by molar-refractivity contribution is 9.08. The second-order valence-electron chi connectivity index (χ2n) is 5.74. The van der Waals surface area contributed by atoms with E-state index in [1.165, 1.54) is 5.56 Å². The van der Waals surface area contributed by atoms with Gasteiger partial charge < -0.3 is 4.74 Å². The smallest absolute Gasteiger partial charge is 0.150 e. The number of ether oxygens (including phenoxy) is 1. The van der Waals surface area contributed by atoms with E-state index < -0.39 is 0 Å². The van der Waals surface area contributed by atoms with Gasteiger partial charge in [0, 0.05) is 10.9 Å². The summed E-state index contributed by atoms with van der Waals surface area (Å²) < 4.78 is 6.01. The van der Waals surface area contributed by atoms with Gasteiger partial charge in [0.25, 0.3) is 0 Å². The van der Waals surface area contributed by atoms with Gasteiger partial charge in [-0.25, -0.2) is 0 Å². The van der Waals surface area contributed by atoms with Crippen molar-refractivity contribution in [2.45, 2.75) is 31.5 Å². The second-order valence-corrected chi connectivity index (χ2v) is 6.71. The Morgan fingerprint density at radius 3 is 2.45 bits per heavy atom. The predicted molar refractivity (Wildman–Crippen MR) is 89.3 cm³/mol. The highest BCUT2D eigenvalue weighted by atomic mass is 79.9. The van der Waals surface area contributed by atoms with E-state index in [-0.39, 0.29) is 5.41 Å². The molecule has 0 heterocycles. The molecule has 2 aromatic rings. The maximum Gasteiger partial charge on any atom is 0.150 e. The zero-order chi connectivity index (χ0) is 14.8. The zero-order valence-corrected chi connectivity index (χ0v) is 14.3. The summed E-state index contributed by atoms with van der Waals surface area (Å²) in [5.74, 6) is 1.53. The summed E-state index contributed by atoms with van der Waals surface area (Å²) in [5.41, 5.74) is 2.37. The molecule has 0 N–H and O–H groups in total. The van der Waals surface area contributed by atoms with Crippen LogP contribution in [0.4, 0.5) is 0 Å². The molecular formula is C17H18BrClO. The summed E-state index contributed by atoms with van der Waals surface area (Å²) >= 11 is 9.71. The average Bonchev–Trinajstić information content (AvgIpc) is 2.40. The van der Waals surface area contributed by atoms with Crippen LogP contribution < -0.4 is 4.74 Å². The fraction of sp³-hybridized carbons (Fsp3) is 0.294. The van der Waals surface area contributed by atoms with E-state index in [4.69, 9.17) is 16.3 Å². The Morgan fingerprint density at radius 1 is 1.10 bits per heavy atom. The number of alkyl halides is 1. The predicted octanol–water partition coefficient (Wildman–Crippen LogP) is 6.32. The van der Waals surface area contributed by atoms with Gasteiger partial charge in [0.05, 0.1) is 5.02 Å². The third-order valence-electron chi connectivity index (χ3n) is 3.11. The van der Waals surface area contributed by atoms with E-state index in [1.807, 2.05) is 30.3 Å². The van der Waals surface area contributed by atoms with Crippen LogP contribution >= 0.6 is 27.5 Å². The lowest BCUT2D eigenvalue weighted by atomic mass is 9.87. The molecule has 2 aromatic carbocycles. The topological polar surface area (TPSA) is 9.23 Å². The molecule has 0 atom stereocenters. The molecule has 20 heavy (non-hydrogen) atoms. The molecule has 0 spiro atoms. The summed E-state index contributed by atoms with van der Waals surface area (Å²) in [5, 5.41) is 1.34. The van der Waals surface area contributed by atoms with Gasteiger partial charge in [0.1, 0.15) is 11.5 Å². The van der Waals surface area contributed by atoms with Gasteiger partial charge in [-0.15, -0.1) is 0 Å². The summed E-state index contributed by atoms with van der Waals surface area (Å²) in [7, 11) is 0. The number of hydrogen-bond acceptors (Lipinski definition) is 1. The van der Waals surface area contributed by atoms with E-state index in [1.54, 1.807) is 0 Å². The summed E-state index contributed by atoms with van der Waals surface area (Å²) in [6.07, 6.45) is 0. The third-order valence-corrected chi connectivity index (χ3v) is 4.01. The number of benzene rings is 2. The Balaban J connectivity index is 2.36. The summed E-state index contributed by atoms with van der Waals surface area (Å²) in [4.78, 5) is 0. The van der Waals surface area contributed by atoms with Gasteiger partial charge in [-0.1, -0.05) is 72.6 Å². The first-order chi connectivity index (χ1) is 9.41. The lowest BCUT2D eigenvalue weighted by molar-refractivity contribution is 0.475. The van der Waals surface area contributed by atoms with Crippen LogP contribution in [0.2, 0.25) is 5.02 Å². The maximum atomic E-state index is 6.24. The molecule has 0 saturated heterocycles. The van der Waals surface area contributed by atoms with Crippen LogP contribution in [0.5, 0.6) is 11.5 Å². The van der Waals surface area contributed by atoms with Crippen molar-refractivity contribution >= 4 is 27.5 Å². The van der Waals surface area contributed by atoms with Gasteiger partial charge in [-0.3, -0.25) is 0 Å². The quantitative estimate of drug-likeness (QED) is 0.586. The van der Waals surface area contributed by atoms with E-state index >= 15 is 0 Å². The van der Waals surface area contributed by atoms with Crippen molar-refractivity contribution in [3.63, 3.8) is 0 Å². The Hall–Kier alpha value is -0.990. The molecule has 3 heteroatoms. The highest BCUT2D eigenvalue weighted by Gasteiger charge is 2.15. The first-order valence-corrected chi connectivity index (χ1v) is 8.03. The molecule has 0 aliphatic rings. The minimum absolute atomic E-state index is 0.0953. The van der Waals surface area contributed by atoms with Crippen LogP contribution in [-0.4, -0.2) is 0 Å². The number of hydrogen-bond donors (Lipinski definition) is 0. The molecule has 0 aromatic heterocycles. The van der Waals surface area contributed by atoms with Crippen molar-refractivity contribution in [1.29, 1.82) is 0 Å². The van der Waals surface area contributed by atoms with Crippen molar-refractivity contribution in [2.24, 2.45) is 0 Å². The van der Waals surface area contributed by atoms with Gasteiger partial charge in [-0.05, 0) is 29.2 Å². The molecule has 0 radical (unpaired) electrons. The van der Waals surface area contributed by atoms with Crippen LogP contribution in [0, 0.1) is 0 Å². The van der Waals surface area contributed by atoms with Gasteiger partial charge in [0.2, 0.25) is 0 Å². The van der Waals surface area contributed by atoms with Crippen LogP contribution in [0.3, 0.4) is 0 Å². The lowest BCUT2D eigenvalue weighted by Gasteiger charge is -2.20. The van der Waals surface area contributed by atoms with Crippen molar-refractivity contribution in [3.05, 3.63) is 58.6 Å². The maximum absolute atomic E-state index is 6.24. The molecule has 0 aliphatic heterocycles. The van der Waals surface area contributed by atoms with Crippen LogP contribution in [-0.2, 0) is 10.7 Å². The Bertz CT molecular complexity index is 602. The van der Waals surface area contributed by atoms with Gasteiger partial charge in [0.15, 0.2) is 0 Å². The SMILES string of the molecule is CC(C)(C)c1cccc(Oc2c(Cl)cccc2CBr)c1. The molecule has 2 rings (SSSR count). The van der Waals surface area contributed by atoms with E-state index in [2.05, 4.69) is 48.8 Å². The van der Waals surface area contributed by atoms with Gasteiger partial charge in [-0.2, -0.15) is 0 Å². The average molecular weight is 354 g/mol. The van der Waals surface area contributed by atoms with Crippen molar-refractivity contribution in [1.82, 2.24) is 0 Å². The first-order valence-electron chi connectivity index (χ1n) is 6.53. The van der Waals surface area contributed by atoms with Crippen LogP contribution in [0.25, 0.3) is 0 Å². The zero-order valence-electron chi connectivity index (χ0n) is 11.9. The largest absolute Gasteiger partial charge is 0.455 e. The van der Waals surface area contributed by atoms with Crippen molar-refractivity contribution < 1.29 is 4.74 Å². The molecule has 0 saturated carbocycles. The second kappa shape index (κ2) is 6.19. The molecular weight excluding hydrogens is 336 g/mol. The highest BCUT2D eigenvalue weighted by Crippen LogP contribution is 2.35. The monoisotopic (exact) mass is 352 g/mol. The molecule has 0 aliphatic carbocycles. The van der Waals surface area contributed by atoms with Crippen LogP contribution in [0.1, 0.15) is 31.9 Å². The number of para-hydroxylation sites is 1. The minimum atomic E-state index is 0.0953. The third kappa shape index (κ3) is 3.56. The normalized spacial score (nSPS) is 11.4. The van der Waals surface area contributed by atoms with E-state index in [0.717, 1.165) is 17.1 Å². The Morgan fingerprint density at radius 2 is 1.80 bits per heavy atom. The molecule has 0 fully saturated rings. The number of rotatable bonds is 3. The first kappa shape index (κ1) is 15.4. The van der Waals surface area contributed by atoms with E-state index in [9.17, 15) is 0 Å². The molecule has 0 amide bonds. The summed E-state index contributed by atoms with van der Waals surface area (Å²) in [6.45, 7) is 6.56. The van der Waals surface area contributed by atoms with E-state index in [0.29, 0.717) is 10.4 Å². The fourth-order valence-corrected chi connectivity index (χ4v) is 2.59. The molecule has 0 bridgehead atoms. The lowest BCUT2D eigenvalue weighted by Crippen LogP contribution is -2.10. The summed E-state index contributed by atoms with van der Waals surface area (Å²) in [6, 6.07) is 13.9. The number of halogens is 2. The fourth-order valence-electron chi connectivity index (χ4n) is 1.92. The van der Waals surface area contributed by atoms with Crippen molar-refractivity contribution in [3.8, 4) is 11.5 Å². The minimum Gasteiger partial charge on any atom is -0.455 e. The van der Waals surface area contributed by atoms with Gasteiger partial charge >= 0.3 is 0 Å². The Kier molecular flexibility index (Phi) is 4.77. The Labute approximate surface area is 134 Å². The molecule has 106 valence electrons. The molecule has 1 nitrogen and oxygen atoms in total.